The van der Waals surface area contributed by atoms with Gasteiger partial charge in [0.2, 0.25) is 5.91 Å². The highest BCUT2D eigenvalue weighted by atomic mass is 32.2. The summed E-state index contributed by atoms with van der Waals surface area (Å²) >= 11 is 0. The minimum atomic E-state index is -4.92. The van der Waals surface area contributed by atoms with Gasteiger partial charge in [0.15, 0.2) is 10.8 Å². The molecule has 6 nitrogen and oxygen atoms in total. The summed E-state index contributed by atoms with van der Waals surface area (Å²) in [5, 5.41) is 11.1. The fraction of sp³-hybridized carbons (Fsp3) is 0.435. The Bertz CT molecular complexity index is 1060. The van der Waals surface area contributed by atoms with Gasteiger partial charge in [-0.2, -0.15) is 13.2 Å². The van der Waals surface area contributed by atoms with Crippen molar-refractivity contribution < 1.29 is 32.0 Å². The van der Waals surface area contributed by atoms with Crippen molar-refractivity contribution in [3.63, 3.8) is 0 Å². The largest absolute Gasteiger partial charge is 0.485 e. The molecule has 10 heteroatoms. The van der Waals surface area contributed by atoms with E-state index in [9.17, 15) is 27.3 Å². The van der Waals surface area contributed by atoms with Gasteiger partial charge in [-0.3, -0.25) is 9.69 Å². The van der Waals surface area contributed by atoms with Crippen LogP contribution in [0.4, 0.5) is 13.2 Å². The molecule has 0 saturated carbocycles. The fourth-order valence-corrected chi connectivity index (χ4v) is 5.03. The van der Waals surface area contributed by atoms with Crippen molar-refractivity contribution in [3.05, 3.63) is 59.7 Å². The van der Waals surface area contributed by atoms with E-state index in [1.807, 2.05) is 35.2 Å². The molecule has 0 bridgehead atoms. The Morgan fingerprint density at radius 2 is 1.85 bits per heavy atom. The molecular weight excluding hydrogens is 457 g/mol. The van der Waals surface area contributed by atoms with Crippen molar-refractivity contribution in [2.24, 2.45) is 0 Å². The van der Waals surface area contributed by atoms with Crippen LogP contribution in [0, 0.1) is 0 Å². The molecule has 0 aromatic heterocycles. The number of carbonyl (C=O) groups excluding carboxylic acids is 1. The Morgan fingerprint density at radius 3 is 2.48 bits per heavy atom. The van der Waals surface area contributed by atoms with Crippen LogP contribution in [0.15, 0.2) is 53.4 Å². The first-order valence-corrected chi connectivity index (χ1v) is 11.7. The first-order chi connectivity index (χ1) is 15.5. The van der Waals surface area contributed by atoms with Crippen molar-refractivity contribution in [2.45, 2.75) is 48.5 Å². The van der Waals surface area contributed by atoms with Crippen molar-refractivity contribution in [1.29, 1.82) is 0 Å². The first kappa shape index (κ1) is 23.7. The Kier molecular flexibility index (Phi) is 6.28. The second kappa shape index (κ2) is 8.73. The zero-order chi connectivity index (χ0) is 24.0. The lowest BCUT2D eigenvalue weighted by Crippen LogP contribution is -2.59. The third kappa shape index (κ3) is 4.78. The number of fused-ring (bicyclic) bond motifs is 1. The second-order valence-electron chi connectivity index (χ2n) is 8.79. The molecular formula is C23H25F3N2O4S. The van der Waals surface area contributed by atoms with E-state index in [1.165, 1.54) is 11.0 Å². The number of alkyl halides is 3. The van der Waals surface area contributed by atoms with Gasteiger partial charge >= 0.3 is 5.51 Å². The SMILES string of the molecule is CC1(C)Oc2ccc(S(=O)C(F)(F)F)cc2[C@@H](N2CCN(Cc3ccccc3)CC2=O)[C@@H]1O. The number of carbonyl (C=O) groups is 1. The standard InChI is InChI=1S/C23H25F3N2O4S/c1-22(2)21(30)20(17-12-16(8-9-18(17)32-22)33(31)23(24,25)26)28-11-10-27(14-19(28)29)13-15-6-4-3-5-7-15/h3-9,12,20-21,30H,10-11,13-14H2,1-2H3/t20-,21+,33?/m1/s1. The van der Waals surface area contributed by atoms with Gasteiger partial charge in [-0.25, -0.2) is 4.21 Å². The molecule has 0 aliphatic carbocycles. The maximum atomic E-state index is 13.1. The monoisotopic (exact) mass is 482 g/mol. The predicted octanol–water partition coefficient (Wildman–Crippen LogP) is 3.23. The van der Waals surface area contributed by atoms with Crippen molar-refractivity contribution in [2.75, 3.05) is 19.6 Å². The molecule has 2 aliphatic rings. The number of aliphatic hydroxyl groups is 1. The van der Waals surface area contributed by atoms with Gasteiger partial charge in [0.25, 0.3) is 0 Å². The highest BCUT2D eigenvalue weighted by molar-refractivity contribution is 7.86. The molecule has 178 valence electrons. The molecule has 1 unspecified atom stereocenters. The number of hydrogen-bond acceptors (Lipinski definition) is 5. The van der Waals surface area contributed by atoms with Gasteiger partial charge < -0.3 is 14.7 Å². The highest BCUT2D eigenvalue weighted by Crippen LogP contribution is 2.44. The third-order valence-electron chi connectivity index (χ3n) is 6.03. The molecule has 3 atom stereocenters. The fourth-order valence-electron chi connectivity index (χ4n) is 4.34. The van der Waals surface area contributed by atoms with Crippen LogP contribution in [0.2, 0.25) is 0 Å². The number of ether oxygens (including phenoxy) is 1. The number of hydrogen-bond donors (Lipinski definition) is 1. The molecule has 2 heterocycles. The zero-order valence-electron chi connectivity index (χ0n) is 18.2. The summed E-state index contributed by atoms with van der Waals surface area (Å²) in [7, 11) is -3.24. The molecule has 33 heavy (non-hydrogen) atoms. The van der Waals surface area contributed by atoms with Gasteiger partial charge in [0.05, 0.1) is 12.6 Å². The summed E-state index contributed by atoms with van der Waals surface area (Å²) in [5.41, 5.74) is -4.71. The van der Waals surface area contributed by atoms with Gasteiger partial charge in [0, 0.05) is 30.1 Å². The lowest BCUT2D eigenvalue weighted by atomic mass is 9.85. The number of rotatable bonds is 4. The lowest BCUT2D eigenvalue weighted by molar-refractivity contribution is -0.150. The van der Waals surface area contributed by atoms with Gasteiger partial charge in [0.1, 0.15) is 17.5 Å². The molecule has 1 amide bonds. The third-order valence-corrected chi connectivity index (χ3v) is 7.13. The highest BCUT2D eigenvalue weighted by Gasteiger charge is 2.48. The number of benzene rings is 2. The molecule has 4 rings (SSSR count). The van der Waals surface area contributed by atoms with Crippen LogP contribution in [0.3, 0.4) is 0 Å². The summed E-state index contributed by atoms with van der Waals surface area (Å²) in [6, 6.07) is 12.4. The van der Waals surface area contributed by atoms with E-state index in [0.29, 0.717) is 13.1 Å². The number of halogens is 3. The first-order valence-electron chi connectivity index (χ1n) is 10.5. The molecule has 1 fully saturated rings. The van der Waals surface area contributed by atoms with Crippen LogP contribution in [0.5, 0.6) is 5.75 Å². The van der Waals surface area contributed by atoms with Crippen LogP contribution in [-0.2, 0) is 22.1 Å². The van der Waals surface area contributed by atoms with Crippen LogP contribution in [0.1, 0.15) is 31.0 Å². The van der Waals surface area contributed by atoms with Gasteiger partial charge in [-0.15, -0.1) is 0 Å². The quantitative estimate of drug-likeness (QED) is 0.725. The normalized spacial score (nSPS) is 24.2. The number of piperazine rings is 1. The van der Waals surface area contributed by atoms with Crippen LogP contribution in [-0.4, -0.2) is 61.9 Å². The lowest BCUT2D eigenvalue weighted by Gasteiger charge is -2.48. The average Bonchev–Trinajstić information content (AvgIpc) is 2.75. The summed E-state index contributed by atoms with van der Waals surface area (Å²) in [6.45, 7) is 4.84. The summed E-state index contributed by atoms with van der Waals surface area (Å²) in [5.74, 6) is 0.0185. The van der Waals surface area contributed by atoms with Crippen LogP contribution < -0.4 is 4.74 Å². The maximum absolute atomic E-state index is 13.1. The number of nitrogens with zero attached hydrogens (tertiary/aromatic N) is 2. The molecule has 1 saturated heterocycles. The van der Waals surface area contributed by atoms with E-state index in [0.717, 1.165) is 17.7 Å². The summed E-state index contributed by atoms with van der Waals surface area (Å²) in [6.07, 6.45) is -1.19. The Balaban J connectivity index is 1.63. The van der Waals surface area contributed by atoms with Gasteiger partial charge in [-0.1, -0.05) is 30.3 Å². The zero-order valence-corrected chi connectivity index (χ0v) is 19.0. The molecule has 2 aliphatic heterocycles. The summed E-state index contributed by atoms with van der Waals surface area (Å²) < 4.78 is 56.9. The Morgan fingerprint density at radius 1 is 1.15 bits per heavy atom. The molecule has 2 aromatic carbocycles. The molecule has 2 aromatic rings. The number of amides is 1. The van der Waals surface area contributed by atoms with Crippen molar-refractivity contribution in [1.82, 2.24) is 9.80 Å². The maximum Gasteiger partial charge on any atom is 0.475 e. The van der Waals surface area contributed by atoms with E-state index >= 15 is 0 Å². The number of aliphatic hydroxyl groups excluding tert-OH is 1. The van der Waals surface area contributed by atoms with E-state index in [-0.39, 0.29) is 30.3 Å². The molecule has 0 radical (unpaired) electrons. The second-order valence-corrected chi connectivity index (χ2v) is 10.3. The predicted molar refractivity (Wildman–Crippen MR) is 116 cm³/mol. The smallest absolute Gasteiger partial charge is 0.475 e. The van der Waals surface area contributed by atoms with Crippen LogP contribution >= 0.6 is 0 Å². The average molecular weight is 483 g/mol. The van der Waals surface area contributed by atoms with E-state index < -0.39 is 39.0 Å². The van der Waals surface area contributed by atoms with E-state index in [4.69, 9.17) is 4.74 Å². The Labute approximate surface area is 192 Å². The van der Waals surface area contributed by atoms with E-state index in [1.54, 1.807) is 13.8 Å². The van der Waals surface area contributed by atoms with E-state index in [2.05, 4.69) is 0 Å². The van der Waals surface area contributed by atoms with Crippen molar-refractivity contribution in [3.8, 4) is 5.75 Å². The minimum Gasteiger partial charge on any atom is -0.485 e. The summed E-state index contributed by atoms with van der Waals surface area (Å²) in [4.78, 5) is 16.2. The molecule has 0 spiro atoms. The molecule has 1 N–H and O–H groups in total. The minimum absolute atomic E-state index is 0.114. The van der Waals surface area contributed by atoms with Gasteiger partial charge in [-0.05, 0) is 37.6 Å². The Hall–Kier alpha value is -2.43. The topological polar surface area (TPSA) is 70.1 Å². The van der Waals surface area contributed by atoms with Crippen molar-refractivity contribution >= 4 is 16.7 Å². The van der Waals surface area contributed by atoms with Crippen LogP contribution in [0.25, 0.3) is 0 Å².